The predicted molar refractivity (Wildman–Crippen MR) is 125 cm³/mol. The number of nitrogens with two attached hydrogens (primary N) is 1. The minimum absolute atomic E-state index is 0.00836. The molecule has 1 aromatic carbocycles. The maximum atomic E-state index is 13.6. The van der Waals surface area contributed by atoms with Gasteiger partial charge in [-0.2, -0.15) is 0 Å². The highest BCUT2D eigenvalue weighted by atomic mass is 16.4. The van der Waals surface area contributed by atoms with Crippen molar-refractivity contribution in [2.24, 2.45) is 11.7 Å². The number of carbonyl (C=O) groups excluding carboxylic acids is 2. The Balaban J connectivity index is 1.67. The topological polar surface area (TPSA) is 149 Å². The molecule has 3 rings (SSSR count). The van der Waals surface area contributed by atoms with E-state index in [1.54, 1.807) is 17.0 Å². The summed E-state index contributed by atoms with van der Waals surface area (Å²) in [6.07, 6.45) is 7.29. The molecule has 6 N–H and O–H groups in total. The van der Waals surface area contributed by atoms with Crippen molar-refractivity contribution < 1.29 is 19.5 Å². The van der Waals surface area contributed by atoms with E-state index in [4.69, 9.17) is 16.2 Å². The first-order chi connectivity index (χ1) is 15.9. The zero-order valence-corrected chi connectivity index (χ0v) is 19.0. The van der Waals surface area contributed by atoms with E-state index >= 15 is 0 Å². The van der Waals surface area contributed by atoms with Crippen LogP contribution in [0.2, 0.25) is 0 Å². The van der Waals surface area contributed by atoms with Crippen molar-refractivity contribution in [2.45, 2.75) is 70.0 Å². The van der Waals surface area contributed by atoms with Gasteiger partial charge in [-0.05, 0) is 43.6 Å². The third-order valence-corrected chi connectivity index (χ3v) is 6.68. The predicted octanol–water partition coefficient (Wildman–Crippen LogP) is 1.59. The van der Waals surface area contributed by atoms with Crippen LogP contribution in [-0.4, -0.2) is 58.8 Å². The number of piperidine rings is 1. The number of aliphatic carboxylic acids is 1. The Hall–Kier alpha value is -2.94. The summed E-state index contributed by atoms with van der Waals surface area (Å²) in [6.45, 7) is 0.551. The van der Waals surface area contributed by atoms with Gasteiger partial charge in [0.25, 0.3) is 0 Å². The molecule has 0 radical (unpaired) electrons. The second-order valence-electron chi connectivity index (χ2n) is 9.02. The van der Waals surface area contributed by atoms with E-state index in [1.807, 2.05) is 12.1 Å². The summed E-state index contributed by atoms with van der Waals surface area (Å²) in [5.74, 6) is -1.26. The lowest BCUT2D eigenvalue weighted by molar-refractivity contribution is -0.146. The van der Waals surface area contributed by atoms with Gasteiger partial charge in [0, 0.05) is 18.7 Å². The number of rotatable bonds is 9. The van der Waals surface area contributed by atoms with Crippen molar-refractivity contribution in [3.63, 3.8) is 0 Å². The molecule has 2 fully saturated rings. The van der Waals surface area contributed by atoms with Crippen LogP contribution in [0.5, 0.6) is 0 Å². The fraction of sp³-hybridized carbons (Fsp3) is 0.583. The fourth-order valence-electron chi connectivity index (χ4n) is 4.88. The van der Waals surface area contributed by atoms with Crippen LogP contribution in [-0.2, 0) is 20.9 Å². The Morgan fingerprint density at radius 1 is 1.06 bits per heavy atom. The summed E-state index contributed by atoms with van der Waals surface area (Å²) in [4.78, 5) is 39.4. The molecule has 2 aliphatic rings. The zero-order valence-electron chi connectivity index (χ0n) is 19.0. The monoisotopic (exact) mass is 457 g/mol. The van der Waals surface area contributed by atoms with Crippen molar-refractivity contribution >= 4 is 23.6 Å². The molecule has 0 unspecified atom stereocenters. The number of carbonyl (C=O) groups is 3. The molecule has 9 nitrogen and oxygen atoms in total. The molecule has 1 saturated heterocycles. The van der Waals surface area contributed by atoms with Gasteiger partial charge in [0.05, 0.1) is 12.6 Å². The number of amidine groups is 1. The molecule has 0 spiro atoms. The summed E-state index contributed by atoms with van der Waals surface area (Å²) in [7, 11) is 0. The van der Waals surface area contributed by atoms with Crippen LogP contribution in [0.15, 0.2) is 24.3 Å². The largest absolute Gasteiger partial charge is 0.480 e. The first kappa shape index (κ1) is 24.7. The fourth-order valence-corrected chi connectivity index (χ4v) is 4.88. The SMILES string of the molecule is N=C(N)c1ccc(CNC(=O)[C@H]2CCCCN2C(=O)[C@H](NCC(=O)O)C2CCCCC2)cc1. The normalized spacial score (nSPS) is 20.1. The van der Waals surface area contributed by atoms with Gasteiger partial charge in [-0.1, -0.05) is 43.5 Å². The molecule has 2 atom stereocenters. The zero-order chi connectivity index (χ0) is 23.8. The van der Waals surface area contributed by atoms with Crippen LogP contribution < -0.4 is 16.4 Å². The van der Waals surface area contributed by atoms with Gasteiger partial charge in [-0.15, -0.1) is 0 Å². The van der Waals surface area contributed by atoms with Crippen LogP contribution in [0.1, 0.15) is 62.5 Å². The molecule has 0 aromatic heterocycles. The molecule has 1 heterocycles. The summed E-state index contributed by atoms with van der Waals surface area (Å²) in [5.41, 5.74) is 6.98. The second-order valence-corrected chi connectivity index (χ2v) is 9.02. The summed E-state index contributed by atoms with van der Waals surface area (Å²) < 4.78 is 0. The van der Waals surface area contributed by atoms with E-state index in [2.05, 4.69) is 10.6 Å². The lowest BCUT2D eigenvalue weighted by atomic mass is 9.82. The van der Waals surface area contributed by atoms with Gasteiger partial charge in [-0.25, -0.2) is 0 Å². The molecule has 33 heavy (non-hydrogen) atoms. The minimum atomic E-state index is -0.993. The lowest BCUT2D eigenvalue weighted by Gasteiger charge is -2.39. The van der Waals surface area contributed by atoms with Crippen LogP contribution >= 0.6 is 0 Å². The van der Waals surface area contributed by atoms with Crippen LogP contribution in [0, 0.1) is 11.3 Å². The third kappa shape index (κ3) is 6.77. The van der Waals surface area contributed by atoms with Gasteiger partial charge in [0.15, 0.2) is 0 Å². The van der Waals surface area contributed by atoms with Crippen molar-refractivity contribution in [3.05, 3.63) is 35.4 Å². The average molecular weight is 458 g/mol. The number of benzene rings is 1. The Labute approximate surface area is 194 Å². The third-order valence-electron chi connectivity index (χ3n) is 6.68. The highest BCUT2D eigenvalue weighted by Crippen LogP contribution is 2.29. The molecule has 1 saturated carbocycles. The first-order valence-electron chi connectivity index (χ1n) is 11.8. The Bertz CT molecular complexity index is 851. The quantitative estimate of drug-likeness (QED) is 0.281. The molecular formula is C24H35N5O4. The molecule has 2 amide bonds. The number of nitrogens with zero attached hydrogens (tertiary/aromatic N) is 1. The number of carboxylic acid groups (broad SMARTS) is 1. The number of nitrogen functional groups attached to an aromatic ring is 1. The van der Waals surface area contributed by atoms with E-state index in [0.717, 1.165) is 50.5 Å². The number of amides is 2. The minimum Gasteiger partial charge on any atom is -0.480 e. The van der Waals surface area contributed by atoms with E-state index < -0.39 is 18.1 Å². The van der Waals surface area contributed by atoms with Crippen molar-refractivity contribution in [1.29, 1.82) is 5.41 Å². The maximum Gasteiger partial charge on any atom is 0.317 e. The van der Waals surface area contributed by atoms with Gasteiger partial charge >= 0.3 is 5.97 Å². The standard InChI is InChI=1S/C24H35N5O4/c25-22(26)18-11-9-16(10-12-18)14-28-23(32)19-8-4-5-13-29(19)24(33)21(27-15-20(30)31)17-6-2-1-3-7-17/h9-12,17,19,21,27H,1-8,13-15H2,(H3,25,26)(H,28,32)(H,30,31)/t19-,21-/m1/s1. The van der Waals surface area contributed by atoms with Gasteiger partial charge < -0.3 is 21.1 Å². The van der Waals surface area contributed by atoms with Crippen molar-refractivity contribution in [3.8, 4) is 0 Å². The van der Waals surface area contributed by atoms with Gasteiger partial charge in [0.1, 0.15) is 11.9 Å². The van der Waals surface area contributed by atoms with Crippen molar-refractivity contribution in [2.75, 3.05) is 13.1 Å². The average Bonchev–Trinajstić information content (AvgIpc) is 2.83. The van der Waals surface area contributed by atoms with Gasteiger partial charge in [-0.3, -0.25) is 25.1 Å². The van der Waals surface area contributed by atoms with Crippen LogP contribution in [0.3, 0.4) is 0 Å². The second kappa shape index (κ2) is 11.8. The Morgan fingerprint density at radius 2 is 1.73 bits per heavy atom. The first-order valence-corrected chi connectivity index (χ1v) is 11.8. The highest BCUT2D eigenvalue weighted by Gasteiger charge is 2.38. The number of nitrogens with one attached hydrogen (secondary N) is 3. The van der Waals surface area contributed by atoms with Gasteiger partial charge in [0.2, 0.25) is 11.8 Å². The molecule has 1 aromatic rings. The van der Waals surface area contributed by atoms with E-state index in [9.17, 15) is 14.4 Å². The van der Waals surface area contributed by atoms with Crippen LogP contribution in [0.4, 0.5) is 0 Å². The molecular weight excluding hydrogens is 422 g/mol. The maximum absolute atomic E-state index is 13.6. The summed E-state index contributed by atoms with van der Waals surface area (Å²) >= 11 is 0. The molecule has 9 heteroatoms. The smallest absolute Gasteiger partial charge is 0.317 e. The number of hydrogen-bond donors (Lipinski definition) is 5. The number of likely N-dealkylation sites (tertiary alicyclic amines) is 1. The molecule has 180 valence electrons. The Morgan fingerprint density at radius 3 is 2.36 bits per heavy atom. The number of hydrogen-bond acceptors (Lipinski definition) is 5. The summed E-state index contributed by atoms with van der Waals surface area (Å²) in [5, 5.41) is 22.5. The van der Waals surface area contributed by atoms with Crippen molar-refractivity contribution in [1.82, 2.24) is 15.5 Å². The van der Waals surface area contributed by atoms with Crippen LogP contribution in [0.25, 0.3) is 0 Å². The highest BCUT2D eigenvalue weighted by molar-refractivity contribution is 5.95. The number of carboxylic acids is 1. The van der Waals surface area contributed by atoms with E-state index in [0.29, 0.717) is 25.1 Å². The van der Waals surface area contributed by atoms with E-state index in [-0.39, 0.29) is 30.1 Å². The van der Waals surface area contributed by atoms with E-state index in [1.165, 1.54) is 0 Å². The summed E-state index contributed by atoms with van der Waals surface area (Å²) in [6, 6.07) is 5.98. The lowest BCUT2D eigenvalue weighted by Crippen LogP contribution is -2.59. The molecule has 1 aliphatic heterocycles. The Kier molecular flexibility index (Phi) is 8.82. The molecule has 0 bridgehead atoms. The molecule has 1 aliphatic carbocycles.